The van der Waals surface area contributed by atoms with E-state index in [1.165, 1.54) is 0 Å². The van der Waals surface area contributed by atoms with Gasteiger partial charge in [-0.25, -0.2) is 13.1 Å². The first-order chi connectivity index (χ1) is 7.91. The number of hydrogen-bond acceptors (Lipinski definition) is 4. The lowest BCUT2D eigenvalue weighted by Gasteiger charge is -2.12. The molecule has 1 unspecified atom stereocenters. The summed E-state index contributed by atoms with van der Waals surface area (Å²) in [4.78, 5) is 11.6. The van der Waals surface area contributed by atoms with Gasteiger partial charge in [0.25, 0.3) is 0 Å². The topological polar surface area (TPSA) is 87.3 Å². The van der Waals surface area contributed by atoms with Crippen molar-refractivity contribution in [1.82, 2.24) is 15.4 Å². The summed E-state index contributed by atoms with van der Waals surface area (Å²) in [6.45, 7) is 4.53. The quantitative estimate of drug-likeness (QED) is 0.584. The highest BCUT2D eigenvalue weighted by Crippen LogP contribution is 2.04. The van der Waals surface area contributed by atoms with Crippen LogP contribution in [0.1, 0.15) is 26.7 Å². The van der Waals surface area contributed by atoms with Crippen LogP contribution in [-0.4, -0.2) is 45.3 Å². The van der Waals surface area contributed by atoms with Crippen LogP contribution in [0.2, 0.25) is 0 Å². The van der Waals surface area contributed by atoms with Crippen molar-refractivity contribution in [2.75, 3.05) is 18.8 Å². The van der Waals surface area contributed by atoms with Crippen molar-refractivity contribution in [1.29, 1.82) is 0 Å². The smallest absolute Gasteiger partial charge is 0.237 e. The van der Waals surface area contributed by atoms with Crippen molar-refractivity contribution in [3.63, 3.8) is 0 Å². The summed E-state index contributed by atoms with van der Waals surface area (Å²) in [6.07, 6.45) is 1.81. The molecule has 0 saturated carbocycles. The third-order valence-corrected chi connectivity index (χ3v) is 4.03. The molecule has 1 saturated heterocycles. The largest absolute Gasteiger partial charge is 0.354 e. The third-order valence-electron chi connectivity index (χ3n) is 2.46. The first kappa shape index (κ1) is 14.4. The summed E-state index contributed by atoms with van der Waals surface area (Å²) < 4.78 is 25.4. The molecule has 17 heavy (non-hydrogen) atoms. The lowest BCUT2D eigenvalue weighted by atomic mass is 10.2. The molecule has 1 aliphatic rings. The molecule has 1 heterocycles. The van der Waals surface area contributed by atoms with Gasteiger partial charge in [-0.05, 0) is 33.2 Å². The first-order valence-electron chi connectivity index (χ1n) is 5.92. The number of carbonyl (C=O) groups excluding carboxylic acids is 1. The van der Waals surface area contributed by atoms with Crippen molar-refractivity contribution in [2.45, 2.75) is 38.8 Å². The van der Waals surface area contributed by atoms with Crippen LogP contribution >= 0.6 is 0 Å². The van der Waals surface area contributed by atoms with Gasteiger partial charge < -0.3 is 10.6 Å². The minimum absolute atomic E-state index is 0.0797. The Morgan fingerprint density at radius 2 is 2.18 bits per heavy atom. The van der Waals surface area contributed by atoms with E-state index in [2.05, 4.69) is 15.4 Å². The molecule has 0 aromatic carbocycles. The van der Waals surface area contributed by atoms with E-state index in [1.54, 1.807) is 13.8 Å². The van der Waals surface area contributed by atoms with Crippen molar-refractivity contribution in [2.24, 2.45) is 0 Å². The minimum Gasteiger partial charge on any atom is -0.354 e. The molecule has 3 N–H and O–H groups in total. The van der Waals surface area contributed by atoms with Crippen LogP contribution in [0.15, 0.2) is 0 Å². The molecule has 1 amide bonds. The van der Waals surface area contributed by atoms with Crippen LogP contribution in [-0.2, 0) is 14.8 Å². The Morgan fingerprint density at radius 1 is 1.47 bits per heavy atom. The molecule has 7 heteroatoms. The molecule has 6 nitrogen and oxygen atoms in total. The fourth-order valence-corrected chi connectivity index (χ4v) is 2.97. The van der Waals surface area contributed by atoms with Crippen LogP contribution < -0.4 is 15.4 Å². The average Bonchev–Trinajstić information content (AvgIpc) is 2.67. The molecule has 1 rings (SSSR count). The van der Waals surface area contributed by atoms with Gasteiger partial charge in [0.15, 0.2) is 0 Å². The molecule has 0 radical (unpaired) electrons. The van der Waals surface area contributed by atoms with Gasteiger partial charge in [-0.15, -0.1) is 0 Å². The van der Waals surface area contributed by atoms with E-state index in [-0.39, 0.29) is 30.3 Å². The second-order valence-electron chi connectivity index (χ2n) is 4.53. The van der Waals surface area contributed by atoms with Gasteiger partial charge >= 0.3 is 0 Å². The fraction of sp³-hybridized carbons (Fsp3) is 0.900. The Kier molecular flexibility index (Phi) is 5.35. The van der Waals surface area contributed by atoms with Gasteiger partial charge in [0.05, 0.1) is 11.8 Å². The molecule has 1 aliphatic heterocycles. The zero-order valence-corrected chi connectivity index (χ0v) is 11.1. The maximum absolute atomic E-state index is 11.6. The van der Waals surface area contributed by atoms with Gasteiger partial charge in [0, 0.05) is 12.6 Å². The Labute approximate surface area is 103 Å². The van der Waals surface area contributed by atoms with Crippen molar-refractivity contribution < 1.29 is 13.2 Å². The average molecular weight is 263 g/mol. The normalized spacial score (nSPS) is 20.8. The van der Waals surface area contributed by atoms with Crippen LogP contribution in [0.25, 0.3) is 0 Å². The summed E-state index contributed by atoms with van der Waals surface area (Å²) in [5.74, 6) is -0.189. The van der Waals surface area contributed by atoms with Crippen molar-refractivity contribution in [3.8, 4) is 0 Å². The van der Waals surface area contributed by atoms with Crippen LogP contribution in [0, 0.1) is 0 Å². The van der Waals surface area contributed by atoms with Gasteiger partial charge in [-0.2, -0.15) is 0 Å². The predicted octanol–water partition coefficient (Wildman–Crippen LogP) is -0.818. The summed E-state index contributed by atoms with van der Waals surface area (Å²) in [5.41, 5.74) is 0. The SMILES string of the molecule is CC(C)NS(=O)(=O)CCNC(=O)C1CCCN1. The molecular weight excluding hydrogens is 242 g/mol. The number of carbonyl (C=O) groups is 1. The lowest BCUT2D eigenvalue weighted by molar-refractivity contribution is -0.122. The van der Waals surface area contributed by atoms with E-state index in [9.17, 15) is 13.2 Å². The maximum Gasteiger partial charge on any atom is 0.237 e. The Morgan fingerprint density at radius 3 is 2.71 bits per heavy atom. The van der Waals surface area contributed by atoms with Crippen molar-refractivity contribution in [3.05, 3.63) is 0 Å². The summed E-state index contributed by atoms with van der Waals surface area (Å²) >= 11 is 0. The standard InChI is InChI=1S/C10H21N3O3S/c1-8(2)13-17(15,16)7-6-12-10(14)9-4-3-5-11-9/h8-9,11,13H,3-7H2,1-2H3,(H,12,14). The highest BCUT2D eigenvalue weighted by molar-refractivity contribution is 7.89. The van der Waals surface area contributed by atoms with Gasteiger partial charge in [0.1, 0.15) is 0 Å². The second kappa shape index (κ2) is 6.32. The number of rotatable bonds is 6. The Balaban J connectivity index is 2.25. The molecule has 100 valence electrons. The summed E-state index contributed by atoms with van der Waals surface area (Å²) in [5, 5.41) is 5.69. The summed E-state index contributed by atoms with van der Waals surface area (Å²) in [7, 11) is -3.29. The molecule has 0 aromatic rings. The van der Waals surface area contributed by atoms with Crippen LogP contribution in [0.5, 0.6) is 0 Å². The zero-order valence-electron chi connectivity index (χ0n) is 10.3. The predicted molar refractivity (Wildman–Crippen MR) is 66.1 cm³/mol. The lowest BCUT2D eigenvalue weighted by Crippen LogP contribution is -2.43. The minimum atomic E-state index is -3.29. The Hall–Kier alpha value is -0.660. The van der Waals surface area contributed by atoms with E-state index in [0.717, 1.165) is 19.4 Å². The number of sulfonamides is 1. The van der Waals surface area contributed by atoms with E-state index in [0.29, 0.717) is 0 Å². The number of nitrogens with one attached hydrogen (secondary N) is 3. The van der Waals surface area contributed by atoms with E-state index < -0.39 is 10.0 Å². The van der Waals surface area contributed by atoms with E-state index in [1.807, 2.05) is 0 Å². The summed E-state index contributed by atoms with van der Waals surface area (Å²) in [6, 6.07) is -0.275. The molecule has 0 aromatic heterocycles. The van der Waals surface area contributed by atoms with E-state index in [4.69, 9.17) is 0 Å². The monoisotopic (exact) mass is 263 g/mol. The molecule has 1 fully saturated rings. The molecule has 0 spiro atoms. The maximum atomic E-state index is 11.6. The van der Waals surface area contributed by atoms with E-state index >= 15 is 0 Å². The molecular formula is C10H21N3O3S. The highest BCUT2D eigenvalue weighted by Gasteiger charge is 2.22. The fourth-order valence-electron chi connectivity index (χ4n) is 1.76. The third kappa shape index (κ3) is 5.47. The van der Waals surface area contributed by atoms with Crippen LogP contribution in [0.3, 0.4) is 0 Å². The Bertz CT molecular complexity index is 348. The number of hydrogen-bond donors (Lipinski definition) is 3. The van der Waals surface area contributed by atoms with Gasteiger partial charge in [-0.3, -0.25) is 4.79 Å². The highest BCUT2D eigenvalue weighted by atomic mass is 32.2. The molecule has 0 aliphatic carbocycles. The number of amides is 1. The first-order valence-corrected chi connectivity index (χ1v) is 7.57. The van der Waals surface area contributed by atoms with Gasteiger partial charge in [0.2, 0.25) is 15.9 Å². The molecule has 1 atom stereocenters. The van der Waals surface area contributed by atoms with Crippen LogP contribution in [0.4, 0.5) is 0 Å². The van der Waals surface area contributed by atoms with Crippen molar-refractivity contribution >= 4 is 15.9 Å². The zero-order chi connectivity index (χ0) is 12.9. The van der Waals surface area contributed by atoms with Gasteiger partial charge in [-0.1, -0.05) is 0 Å². The second-order valence-corrected chi connectivity index (χ2v) is 6.40. The molecule has 0 bridgehead atoms.